The average Bonchev–Trinajstić information content (AvgIpc) is 2.68. The first-order valence-corrected chi connectivity index (χ1v) is 7.85. The van der Waals surface area contributed by atoms with Crippen molar-refractivity contribution in [2.45, 2.75) is 30.1 Å². The van der Waals surface area contributed by atoms with Gasteiger partial charge in [-0.2, -0.15) is 0 Å². The Bertz CT molecular complexity index is 441. The van der Waals surface area contributed by atoms with E-state index in [1.165, 1.54) is 0 Å². The number of nitrogens with one attached hydrogen (secondary N) is 1. The van der Waals surface area contributed by atoms with E-state index >= 15 is 0 Å². The van der Waals surface area contributed by atoms with Crippen LogP contribution in [0.1, 0.15) is 29.6 Å². The minimum Gasteiger partial charge on any atom is -0.348 e. The molecule has 2 atom stereocenters. The maximum absolute atomic E-state index is 12.1. The molecule has 1 aromatic carbocycles. The van der Waals surface area contributed by atoms with Gasteiger partial charge in [0.25, 0.3) is 5.91 Å². The van der Waals surface area contributed by atoms with Gasteiger partial charge in [0.1, 0.15) is 0 Å². The van der Waals surface area contributed by atoms with E-state index in [0.29, 0.717) is 15.4 Å². The molecule has 1 saturated carbocycles. The smallest absolute Gasteiger partial charge is 0.252 e. The van der Waals surface area contributed by atoms with Gasteiger partial charge in [0.15, 0.2) is 0 Å². The van der Waals surface area contributed by atoms with E-state index in [2.05, 4.69) is 43.8 Å². The lowest BCUT2D eigenvalue weighted by molar-refractivity contribution is 0.0938. The predicted octanol–water partition coefficient (Wildman–Crippen LogP) is 3.99. The molecular formula is C12H12BrClINO. The van der Waals surface area contributed by atoms with Gasteiger partial charge in [-0.3, -0.25) is 4.79 Å². The standard InChI is InChI=1S/C12H12BrClINO/c13-9-2-1-3-11(9)16-12(17)8-6-7(14)4-5-10(8)15/h4-6,9,11H,1-3H2,(H,16,17). The van der Waals surface area contributed by atoms with Gasteiger partial charge in [0, 0.05) is 19.5 Å². The van der Waals surface area contributed by atoms with E-state index < -0.39 is 0 Å². The minimum absolute atomic E-state index is 0.0340. The lowest BCUT2D eigenvalue weighted by Gasteiger charge is -2.16. The first-order chi connectivity index (χ1) is 8.08. The highest BCUT2D eigenvalue weighted by Gasteiger charge is 2.27. The summed E-state index contributed by atoms with van der Waals surface area (Å²) >= 11 is 11.7. The fraction of sp³-hybridized carbons (Fsp3) is 0.417. The van der Waals surface area contributed by atoms with Crippen LogP contribution in [0.25, 0.3) is 0 Å². The van der Waals surface area contributed by atoms with Gasteiger partial charge in [-0.25, -0.2) is 0 Å². The summed E-state index contributed by atoms with van der Waals surface area (Å²) in [5, 5.41) is 3.66. The number of alkyl halides is 1. The number of rotatable bonds is 2. The van der Waals surface area contributed by atoms with Crippen LogP contribution < -0.4 is 5.32 Å². The molecule has 0 spiro atoms. The highest BCUT2D eigenvalue weighted by atomic mass is 127. The average molecular weight is 428 g/mol. The zero-order valence-electron chi connectivity index (χ0n) is 9.05. The summed E-state index contributed by atoms with van der Waals surface area (Å²) < 4.78 is 0.925. The maximum Gasteiger partial charge on any atom is 0.252 e. The minimum atomic E-state index is -0.0340. The van der Waals surface area contributed by atoms with Crippen LogP contribution in [0.2, 0.25) is 5.02 Å². The molecule has 2 nitrogen and oxygen atoms in total. The third-order valence-corrected chi connectivity index (χ3v) is 5.19. The molecule has 1 fully saturated rings. The van der Waals surface area contributed by atoms with Crippen LogP contribution in [0.4, 0.5) is 0 Å². The van der Waals surface area contributed by atoms with Gasteiger partial charge in [-0.1, -0.05) is 34.0 Å². The van der Waals surface area contributed by atoms with Crippen LogP contribution in [0.3, 0.4) is 0 Å². The van der Waals surface area contributed by atoms with Crippen LogP contribution in [0.5, 0.6) is 0 Å². The van der Waals surface area contributed by atoms with Crippen molar-refractivity contribution in [2.75, 3.05) is 0 Å². The van der Waals surface area contributed by atoms with Crippen molar-refractivity contribution in [1.29, 1.82) is 0 Å². The van der Waals surface area contributed by atoms with E-state index in [4.69, 9.17) is 11.6 Å². The molecule has 2 unspecified atom stereocenters. The summed E-state index contributed by atoms with van der Waals surface area (Å²) in [5.74, 6) is -0.0340. The molecule has 0 aromatic heterocycles. The quantitative estimate of drug-likeness (QED) is 0.560. The van der Waals surface area contributed by atoms with Gasteiger partial charge < -0.3 is 5.32 Å². The molecule has 0 saturated heterocycles. The number of hydrogen-bond donors (Lipinski definition) is 1. The van der Waals surface area contributed by atoms with Gasteiger partial charge >= 0.3 is 0 Å². The Morgan fingerprint density at radius 3 is 2.88 bits per heavy atom. The number of benzene rings is 1. The highest BCUT2D eigenvalue weighted by molar-refractivity contribution is 14.1. The van der Waals surface area contributed by atoms with E-state index in [1.54, 1.807) is 12.1 Å². The summed E-state index contributed by atoms with van der Waals surface area (Å²) in [5.41, 5.74) is 0.657. The molecule has 0 aliphatic heterocycles. The molecule has 2 rings (SSSR count). The topological polar surface area (TPSA) is 29.1 Å². The molecule has 1 N–H and O–H groups in total. The van der Waals surface area contributed by atoms with Gasteiger partial charge in [-0.15, -0.1) is 0 Å². The summed E-state index contributed by atoms with van der Waals surface area (Å²) in [6, 6.07) is 5.61. The fourth-order valence-electron chi connectivity index (χ4n) is 2.00. The second-order valence-electron chi connectivity index (χ2n) is 4.15. The lowest BCUT2D eigenvalue weighted by atomic mass is 10.2. The first kappa shape index (κ1) is 13.6. The molecule has 0 bridgehead atoms. The monoisotopic (exact) mass is 427 g/mol. The Labute approximate surface area is 128 Å². The maximum atomic E-state index is 12.1. The summed E-state index contributed by atoms with van der Waals surface area (Å²) in [4.78, 5) is 12.5. The van der Waals surface area contributed by atoms with Crippen molar-refractivity contribution in [3.63, 3.8) is 0 Å². The van der Waals surface area contributed by atoms with E-state index in [0.717, 1.165) is 22.8 Å². The van der Waals surface area contributed by atoms with Gasteiger partial charge in [-0.05, 0) is 53.6 Å². The van der Waals surface area contributed by atoms with Crippen LogP contribution in [-0.4, -0.2) is 16.8 Å². The Kier molecular flexibility index (Phi) is 4.72. The SMILES string of the molecule is O=C(NC1CCCC1Br)c1cc(Cl)ccc1I. The van der Waals surface area contributed by atoms with Gasteiger partial charge in [0.2, 0.25) is 0 Å². The Morgan fingerprint density at radius 1 is 1.47 bits per heavy atom. The molecule has 0 radical (unpaired) electrons. The molecule has 92 valence electrons. The number of carbonyl (C=O) groups is 1. The van der Waals surface area contributed by atoms with Crippen molar-refractivity contribution in [1.82, 2.24) is 5.32 Å². The third kappa shape index (κ3) is 3.35. The second kappa shape index (κ2) is 5.89. The van der Waals surface area contributed by atoms with Crippen molar-refractivity contribution < 1.29 is 4.79 Å². The highest BCUT2D eigenvalue weighted by Crippen LogP contribution is 2.26. The molecular weight excluding hydrogens is 416 g/mol. The molecule has 1 aliphatic rings. The molecule has 1 aromatic rings. The zero-order valence-corrected chi connectivity index (χ0v) is 13.5. The Hall–Kier alpha value is 0.190. The fourth-order valence-corrected chi connectivity index (χ4v) is 3.47. The number of halogens is 3. The van der Waals surface area contributed by atoms with Crippen LogP contribution in [0.15, 0.2) is 18.2 Å². The van der Waals surface area contributed by atoms with Crippen molar-refractivity contribution in [3.8, 4) is 0 Å². The van der Waals surface area contributed by atoms with Crippen molar-refractivity contribution in [3.05, 3.63) is 32.4 Å². The van der Waals surface area contributed by atoms with Crippen molar-refractivity contribution in [2.24, 2.45) is 0 Å². The molecule has 1 aliphatic carbocycles. The van der Waals surface area contributed by atoms with Crippen LogP contribution in [-0.2, 0) is 0 Å². The van der Waals surface area contributed by atoms with Crippen LogP contribution in [0, 0.1) is 3.57 Å². The summed E-state index contributed by atoms with van der Waals surface area (Å²) in [6.07, 6.45) is 3.32. The molecule has 0 heterocycles. The molecule has 1 amide bonds. The second-order valence-corrected chi connectivity index (χ2v) is 6.93. The van der Waals surface area contributed by atoms with Crippen LogP contribution >= 0.6 is 50.1 Å². The summed E-state index contributed by atoms with van der Waals surface area (Å²) in [7, 11) is 0. The largest absolute Gasteiger partial charge is 0.348 e. The van der Waals surface area contributed by atoms with E-state index in [-0.39, 0.29) is 11.9 Å². The van der Waals surface area contributed by atoms with E-state index in [1.807, 2.05) is 6.07 Å². The molecule has 17 heavy (non-hydrogen) atoms. The Balaban J connectivity index is 2.11. The summed E-state index contributed by atoms with van der Waals surface area (Å²) in [6.45, 7) is 0. The van der Waals surface area contributed by atoms with Gasteiger partial charge in [0.05, 0.1) is 5.56 Å². The first-order valence-electron chi connectivity index (χ1n) is 5.48. The zero-order chi connectivity index (χ0) is 12.4. The predicted molar refractivity (Wildman–Crippen MR) is 82.0 cm³/mol. The van der Waals surface area contributed by atoms with E-state index in [9.17, 15) is 4.79 Å². The number of carbonyl (C=O) groups excluding carboxylic acids is 1. The molecule has 5 heteroatoms. The third-order valence-electron chi connectivity index (χ3n) is 2.92. The lowest BCUT2D eigenvalue weighted by Crippen LogP contribution is -2.38. The number of amides is 1. The normalized spacial score (nSPS) is 23.7. The van der Waals surface area contributed by atoms with Crippen molar-refractivity contribution >= 4 is 56.0 Å². The number of hydrogen-bond acceptors (Lipinski definition) is 1. The Morgan fingerprint density at radius 2 is 2.24 bits per heavy atom.